The molecule has 0 aliphatic carbocycles. The first-order chi connectivity index (χ1) is 13.5. The van der Waals surface area contributed by atoms with Gasteiger partial charge in [-0.05, 0) is 46.2 Å². The topological polar surface area (TPSA) is 69.6 Å². The van der Waals surface area contributed by atoms with Gasteiger partial charge < -0.3 is 10.4 Å². The van der Waals surface area contributed by atoms with Crippen LogP contribution in [-0.2, 0) is 9.59 Å². The van der Waals surface area contributed by atoms with Gasteiger partial charge in [-0.3, -0.25) is 14.5 Å². The van der Waals surface area contributed by atoms with Crippen LogP contribution in [0.1, 0.15) is 96.8 Å². The van der Waals surface area contributed by atoms with E-state index in [9.17, 15) is 9.59 Å². The van der Waals surface area contributed by atoms with Crippen LogP contribution < -0.4 is 5.32 Å². The van der Waals surface area contributed by atoms with Gasteiger partial charge >= 0.3 is 5.97 Å². The SMILES string of the molecule is CCCCCCCCCCC/C=C/CC(=O)NCCCC[C@@H](C(=O)O)N(C)C. The number of carboxylic acid groups (broad SMARTS) is 1. The first kappa shape index (κ1) is 26.6. The van der Waals surface area contributed by atoms with Gasteiger partial charge in [-0.25, -0.2) is 0 Å². The molecule has 0 aliphatic rings. The second-order valence-electron chi connectivity index (χ2n) is 7.96. The monoisotopic (exact) mass is 396 g/mol. The number of carbonyl (C=O) groups excluding carboxylic acids is 1. The van der Waals surface area contributed by atoms with Gasteiger partial charge in [0.15, 0.2) is 0 Å². The summed E-state index contributed by atoms with van der Waals surface area (Å²) in [4.78, 5) is 24.6. The van der Waals surface area contributed by atoms with E-state index >= 15 is 0 Å². The second kappa shape index (κ2) is 19.0. The number of unbranched alkanes of at least 4 members (excludes halogenated alkanes) is 10. The van der Waals surface area contributed by atoms with Crippen LogP contribution in [0.4, 0.5) is 0 Å². The number of carboxylic acids is 1. The lowest BCUT2D eigenvalue weighted by Crippen LogP contribution is -2.35. The molecule has 5 heteroatoms. The van der Waals surface area contributed by atoms with Crippen molar-refractivity contribution in [2.75, 3.05) is 20.6 Å². The summed E-state index contributed by atoms with van der Waals surface area (Å²) >= 11 is 0. The molecule has 0 fully saturated rings. The highest BCUT2D eigenvalue weighted by molar-refractivity contribution is 5.77. The van der Waals surface area contributed by atoms with Crippen molar-refractivity contribution in [1.29, 1.82) is 0 Å². The summed E-state index contributed by atoms with van der Waals surface area (Å²) in [6.07, 6.45) is 19.8. The fraction of sp³-hybridized carbons (Fsp3) is 0.826. The number of allylic oxidation sites excluding steroid dienone is 1. The van der Waals surface area contributed by atoms with Crippen LogP contribution in [0.25, 0.3) is 0 Å². The number of carbonyl (C=O) groups is 2. The Balaban J connectivity index is 3.48. The van der Waals surface area contributed by atoms with E-state index in [1.165, 1.54) is 57.8 Å². The van der Waals surface area contributed by atoms with Crippen molar-refractivity contribution in [2.45, 2.75) is 103 Å². The van der Waals surface area contributed by atoms with Gasteiger partial charge in [0.2, 0.25) is 5.91 Å². The van der Waals surface area contributed by atoms with Gasteiger partial charge in [0, 0.05) is 13.0 Å². The van der Waals surface area contributed by atoms with E-state index in [1.807, 2.05) is 6.08 Å². The average molecular weight is 397 g/mol. The molecule has 0 radical (unpaired) electrons. The van der Waals surface area contributed by atoms with Crippen molar-refractivity contribution in [3.8, 4) is 0 Å². The Hall–Kier alpha value is -1.36. The zero-order valence-electron chi connectivity index (χ0n) is 18.5. The van der Waals surface area contributed by atoms with Gasteiger partial charge in [-0.15, -0.1) is 0 Å². The Kier molecular flexibility index (Phi) is 18.1. The smallest absolute Gasteiger partial charge is 0.320 e. The van der Waals surface area contributed by atoms with Crippen LogP contribution in [0.15, 0.2) is 12.2 Å². The lowest BCUT2D eigenvalue weighted by Gasteiger charge is -2.19. The number of aliphatic carboxylic acids is 1. The molecule has 0 bridgehead atoms. The first-order valence-corrected chi connectivity index (χ1v) is 11.3. The number of hydrogen-bond acceptors (Lipinski definition) is 3. The molecular formula is C23H44N2O3. The Morgan fingerprint density at radius 2 is 1.50 bits per heavy atom. The zero-order chi connectivity index (χ0) is 21.0. The molecule has 164 valence electrons. The Labute approximate surface area is 173 Å². The number of likely N-dealkylation sites (N-methyl/N-ethyl adjacent to an activating group) is 1. The summed E-state index contributed by atoms with van der Waals surface area (Å²) in [6.45, 7) is 2.87. The minimum atomic E-state index is -0.786. The Morgan fingerprint density at radius 1 is 0.893 bits per heavy atom. The first-order valence-electron chi connectivity index (χ1n) is 11.3. The quantitative estimate of drug-likeness (QED) is 0.234. The van der Waals surface area contributed by atoms with Crippen LogP contribution in [0.2, 0.25) is 0 Å². The molecule has 5 nitrogen and oxygen atoms in total. The minimum absolute atomic E-state index is 0.0470. The van der Waals surface area contributed by atoms with Gasteiger partial charge in [0.1, 0.15) is 6.04 Å². The van der Waals surface area contributed by atoms with E-state index in [4.69, 9.17) is 5.11 Å². The molecule has 1 atom stereocenters. The lowest BCUT2D eigenvalue weighted by molar-refractivity contribution is -0.142. The molecule has 0 rings (SSSR count). The van der Waals surface area contributed by atoms with Crippen LogP contribution in [0.3, 0.4) is 0 Å². The summed E-state index contributed by atoms with van der Waals surface area (Å²) in [6, 6.07) is -0.445. The molecule has 28 heavy (non-hydrogen) atoms. The van der Waals surface area contributed by atoms with E-state index in [0.29, 0.717) is 19.4 Å². The molecule has 0 saturated carbocycles. The van der Waals surface area contributed by atoms with E-state index < -0.39 is 12.0 Å². The highest BCUT2D eigenvalue weighted by Gasteiger charge is 2.18. The molecule has 2 N–H and O–H groups in total. The number of hydrogen-bond donors (Lipinski definition) is 2. The number of nitrogens with zero attached hydrogens (tertiary/aromatic N) is 1. The average Bonchev–Trinajstić information content (AvgIpc) is 2.64. The molecule has 0 aromatic rings. The van der Waals surface area contributed by atoms with Crippen molar-refractivity contribution in [2.24, 2.45) is 0 Å². The van der Waals surface area contributed by atoms with Gasteiger partial charge in [-0.1, -0.05) is 70.4 Å². The maximum absolute atomic E-state index is 11.8. The number of nitrogens with one attached hydrogen (secondary N) is 1. The maximum Gasteiger partial charge on any atom is 0.320 e. The van der Waals surface area contributed by atoms with E-state index in [1.54, 1.807) is 19.0 Å². The molecule has 0 spiro atoms. The van der Waals surface area contributed by atoms with Crippen molar-refractivity contribution >= 4 is 11.9 Å². The minimum Gasteiger partial charge on any atom is -0.480 e. The van der Waals surface area contributed by atoms with Crippen molar-refractivity contribution < 1.29 is 14.7 Å². The predicted molar refractivity (Wildman–Crippen MR) is 118 cm³/mol. The van der Waals surface area contributed by atoms with E-state index in [-0.39, 0.29) is 5.91 Å². The Bertz CT molecular complexity index is 422. The molecule has 1 amide bonds. The van der Waals surface area contributed by atoms with Gasteiger partial charge in [0.05, 0.1) is 0 Å². The molecular weight excluding hydrogens is 352 g/mol. The lowest BCUT2D eigenvalue weighted by atomic mass is 10.1. The fourth-order valence-corrected chi connectivity index (χ4v) is 3.25. The van der Waals surface area contributed by atoms with Gasteiger partial charge in [-0.2, -0.15) is 0 Å². The van der Waals surface area contributed by atoms with E-state index in [0.717, 1.165) is 19.3 Å². The molecule has 0 heterocycles. The van der Waals surface area contributed by atoms with Crippen molar-refractivity contribution in [1.82, 2.24) is 10.2 Å². The second-order valence-corrected chi connectivity index (χ2v) is 7.96. The van der Waals surface area contributed by atoms with Crippen LogP contribution in [0, 0.1) is 0 Å². The highest BCUT2D eigenvalue weighted by atomic mass is 16.4. The molecule has 0 aromatic heterocycles. The fourth-order valence-electron chi connectivity index (χ4n) is 3.25. The largest absolute Gasteiger partial charge is 0.480 e. The predicted octanol–water partition coefficient (Wildman–Crippen LogP) is 5.15. The summed E-state index contributed by atoms with van der Waals surface area (Å²) in [7, 11) is 3.56. The highest BCUT2D eigenvalue weighted by Crippen LogP contribution is 2.10. The summed E-state index contributed by atoms with van der Waals surface area (Å²) in [5, 5.41) is 12.0. The number of rotatable bonds is 19. The Morgan fingerprint density at radius 3 is 2.07 bits per heavy atom. The third kappa shape index (κ3) is 16.8. The molecule has 0 saturated heterocycles. The summed E-state index contributed by atoms with van der Waals surface area (Å²) in [5.41, 5.74) is 0. The molecule has 0 aliphatic heterocycles. The third-order valence-electron chi connectivity index (χ3n) is 5.08. The van der Waals surface area contributed by atoms with Gasteiger partial charge in [0.25, 0.3) is 0 Å². The maximum atomic E-state index is 11.8. The van der Waals surface area contributed by atoms with Crippen molar-refractivity contribution in [3.05, 3.63) is 12.2 Å². The van der Waals surface area contributed by atoms with Crippen LogP contribution >= 0.6 is 0 Å². The summed E-state index contributed by atoms with van der Waals surface area (Å²) in [5.74, 6) is -0.739. The third-order valence-corrected chi connectivity index (χ3v) is 5.08. The van der Waals surface area contributed by atoms with Crippen LogP contribution in [-0.4, -0.2) is 48.6 Å². The normalized spacial score (nSPS) is 12.6. The zero-order valence-corrected chi connectivity index (χ0v) is 18.5. The molecule has 0 unspecified atom stereocenters. The standard InChI is InChI=1S/C23H44N2O3/c1-4-5-6-7-8-9-10-11-12-13-14-15-19-22(26)24-20-17-16-18-21(23(27)28)25(2)3/h14-15,21H,4-13,16-20H2,1-3H3,(H,24,26)(H,27,28)/b15-14+/t21-/m0/s1. The number of amides is 1. The van der Waals surface area contributed by atoms with Crippen molar-refractivity contribution in [3.63, 3.8) is 0 Å². The molecule has 0 aromatic carbocycles. The summed E-state index contributed by atoms with van der Waals surface area (Å²) < 4.78 is 0. The van der Waals surface area contributed by atoms with Crippen LogP contribution in [0.5, 0.6) is 0 Å². The van der Waals surface area contributed by atoms with E-state index in [2.05, 4.69) is 18.3 Å².